The third-order valence-corrected chi connectivity index (χ3v) is 3.92. The van der Waals surface area contributed by atoms with Gasteiger partial charge in [0, 0.05) is 0 Å². The van der Waals surface area contributed by atoms with Crippen molar-refractivity contribution in [3.05, 3.63) is 95.6 Å². The maximum Gasteiger partial charge on any atom is 0.343 e. The van der Waals surface area contributed by atoms with Crippen molar-refractivity contribution < 1.29 is 23.8 Å². The monoisotopic (exact) mass is 376 g/mol. The molecule has 0 saturated carbocycles. The zero-order valence-electron chi connectivity index (χ0n) is 15.5. The van der Waals surface area contributed by atoms with E-state index < -0.39 is 11.9 Å². The quantitative estimate of drug-likeness (QED) is 0.346. The van der Waals surface area contributed by atoms with E-state index in [0.29, 0.717) is 16.9 Å². The van der Waals surface area contributed by atoms with Crippen molar-refractivity contribution in [2.45, 2.75) is 6.92 Å². The zero-order chi connectivity index (χ0) is 19.8. The van der Waals surface area contributed by atoms with Crippen LogP contribution in [-0.2, 0) is 4.74 Å². The molecule has 0 unspecified atom stereocenters. The number of carbonyl (C=O) groups excluding carboxylic acids is 2. The third kappa shape index (κ3) is 5.45. The van der Waals surface area contributed by atoms with Gasteiger partial charge in [0.05, 0.1) is 11.1 Å². The molecule has 0 aromatic heterocycles. The molecule has 3 rings (SSSR count). The Labute approximate surface area is 163 Å². The number of aryl methyl sites for hydroxylation is 1. The van der Waals surface area contributed by atoms with Gasteiger partial charge >= 0.3 is 11.9 Å². The first kappa shape index (κ1) is 19.2. The number of ether oxygens (including phenoxy) is 3. The third-order valence-electron chi connectivity index (χ3n) is 3.92. The van der Waals surface area contributed by atoms with Crippen LogP contribution in [0.5, 0.6) is 11.5 Å². The molecule has 3 aromatic rings. The fourth-order valence-electron chi connectivity index (χ4n) is 2.41. The molecule has 28 heavy (non-hydrogen) atoms. The lowest BCUT2D eigenvalue weighted by atomic mass is 10.1. The molecule has 0 aliphatic rings. The van der Waals surface area contributed by atoms with Crippen LogP contribution in [0.4, 0.5) is 0 Å². The van der Waals surface area contributed by atoms with Crippen molar-refractivity contribution in [1.82, 2.24) is 0 Å². The minimum atomic E-state index is -0.465. The standard InChI is InChI=1S/C23H20O5/c1-17-7-9-19(10-8-17)23(25)28-21-13-11-18(12-14-21)22(24)27-16-15-26-20-5-3-2-4-6-20/h2-14H,15-16H2,1H3. The number of para-hydroxylation sites is 1. The molecule has 0 heterocycles. The van der Waals surface area contributed by atoms with Crippen LogP contribution in [0, 0.1) is 6.92 Å². The van der Waals surface area contributed by atoms with E-state index in [1.807, 2.05) is 49.4 Å². The van der Waals surface area contributed by atoms with E-state index in [2.05, 4.69) is 0 Å². The van der Waals surface area contributed by atoms with Gasteiger partial charge < -0.3 is 14.2 Å². The molecule has 0 radical (unpaired) electrons. The van der Waals surface area contributed by atoms with Crippen molar-refractivity contribution in [1.29, 1.82) is 0 Å². The molecule has 0 aliphatic heterocycles. The molecule has 0 spiro atoms. The number of hydrogen-bond acceptors (Lipinski definition) is 5. The Balaban J connectivity index is 1.47. The van der Waals surface area contributed by atoms with E-state index in [9.17, 15) is 9.59 Å². The maximum absolute atomic E-state index is 12.1. The molecule has 0 amide bonds. The summed E-state index contributed by atoms with van der Waals surface area (Å²) in [4.78, 5) is 24.2. The summed E-state index contributed by atoms with van der Waals surface area (Å²) in [6.45, 7) is 2.35. The lowest BCUT2D eigenvalue weighted by Gasteiger charge is -2.08. The van der Waals surface area contributed by atoms with Gasteiger partial charge in [-0.1, -0.05) is 35.9 Å². The van der Waals surface area contributed by atoms with E-state index in [-0.39, 0.29) is 13.2 Å². The second-order valence-electron chi connectivity index (χ2n) is 6.08. The van der Waals surface area contributed by atoms with Gasteiger partial charge in [-0.2, -0.15) is 0 Å². The summed E-state index contributed by atoms with van der Waals surface area (Å²) in [5, 5.41) is 0. The predicted molar refractivity (Wildman–Crippen MR) is 105 cm³/mol. The van der Waals surface area contributed by atoms with Gasteiger partial charge in [0.15, 0.2) is 0 Å². The highest BCUT2D eigenvalue weighted by molar-refractivity contribution is 5.92. The summed E-state index contributed by atoms with van der Waals surface area (Å²) in [5.74, 6) is 0.161. The van der Waals surface area contributed by atoms with Gasteiger partial charge in [-0.25, -0.2) is 9.59 Å². The Bertz CT molecular complexity index is 915. The van der Waals surface area contributed by atoms with Gasteiger partial charge in [0.2, 0.25) is 0 Å². The van der Waals surface area contributed by atoms with Crippen LogP contribution in [0.3, 0.4) is 0 Å². The van der Waals surface area contributed by atoms with Gasteiger partial charge in [-0.3, -0.25) is 0 Å². The van der Waals surface area contributed by atoms with Crippen LogP contribution < -0.4 is 9.47 Å². The van der Waals surface area contributed by atoms with E-state index in [1.165, 1.54) is 0 Å². The second kappa shape index (κ2) is 9.37. The normalized spacial score (nSPS) is 10.2. The van der Waals surface area contributed by atoms with Crippen LogP contribution in [0.2, 0.25) is 0 Å². The molecular formula is C23H20O5. The van der Waals surface area contributed by atoms with Gasteiger partial charge in [0.25, 0.3) is 0 Å². The van der Waals surface area contributed by atoms with E-state index in [1.54, 1.807) is 36.4 Å². The van der Waals surface area contributed by atoms with Crippen LogP contribution in [-0.4, -0.2) is 25.2 Å². The number of rotatable bonds is 7. The molecule has 0 N–H and O–H groups in total. The van der Waals surface area contributed by atoms with E-state index >= 15 is 0 Å². The first-order valence-electron chi connectivity index (χ1n) is 8.86. The molecule has 142 valence electrons. The van der Waals surface area contributed by atoms with Crippen molar-refractivity contribution >= 4 is 11.9 Å². The summed E-state index contributed by atoms with van der Waals surface area (Å²) in [6.07, 6.45) is 0. The van der Waals surface area contributed by atoms with E-state index in [0.717, 1.165) is 11.3 Å². The summed E-state index contributed by atoms with van der Waals surface area (Å²) in [6, 6.07) is 22.6. The second-order valence-corrected chi connectivity index (χ2v) is 6.08. The highest BCUT2D eigenvalue weighted by Crippen LogP contribution is 2.15. The minimum absolute atomic E-state index is 0.137. The van der Waals surface area contributed by atoms with Crippen LogP contribution in [0.15, 0.2) is 78.9 Å². The summed E-state index contributed by atoms with van der Waals surface area (Å²) < 4.78 is 16.0. The molecule has 0 atom stereocenters. The highest BCUT2D eigenvalue weighted by atomic mass is 16.6. The van der Waals surface area contributed by atoms with Crippen molar-refractivity contribution in [3.63, 3.8) is 0 Å². The first-order chi connectivity index (χ1) is 13.6. The Morgan fingerprint density at radius 3 is 1.96 bits per heavy atom. The number of benzene rings is 3. The largest absolute Gasteiger partial charge is 0.490 e. The Kier molecular flexibility index (Phi) is 6.41. The molecule has 5 nitrogen and oxygen atoms in total. The average Bonchev–Trinajstić information content (AvgIpc) is 2.73. The molecule has 0 bridgehead atoms. The summed E-state index contributed by atoms with van der Waals surface area (Å²) in [5.41, 5.74) is 1.90. The molecule has 5 heteroatoms. The number of hydrogen-bond donors (Lipinski definition) is 0. The smallest absolute Gasteiger partial charge is 0.343 e. The molecule has 3 aromatic carbocycles. The first-order valence-corrected chi connectivity index (χ1v) is 8.86. The van der Waals surface area contributed by atoms with Crippen molar-refractivity contribution in [2.75, 3.05) is 13.2 Å². The van der Waals surface area contributed by atoms with Gasteiger partial charge in [0.1, 0.15) is 24.7 Å². The summed E-state index contributed by atoms with van der Waals surface area (Å²) in [7, 11) is 0. The SMILES string of the molecule is Cc1ccc(C(=O)Oc2ccc(C(=O)OCCOc3ccccc3)cc2)cc1. The molecule has 0 fully saturated rings. The number of carbonyl (C=O) groups is 2. The maximum atomic E-state index is 12.1. The van der Waals surface area contributed by atoms with Crippen LogP contribution in [0.25, 0.3) is 0 Å². The minimum Gasteiger partial charge on any atom is -0.490 e. The highest BCUT2D eigenvalue weighted by Gasteiger charge is 2.11. The van der Waals surface area contributed by atoms with Gasteiger partial charge in [-0.05, 0) is 55.5 Å². The van der Waals surface area contributed by atoms with Crippen LogP contribution >= 0.6 is 0 Å². The fraction of sp³-hybridized carbons (Fsp3) is 0.130. The van der Waals surface area contributed by atoms with Crippen molar-refractivity contribution in [2.24, 2.45) is 0 Å². The lowest BCUT2D eigenvalue weighted by Crippen LogP contribution is -2.12. The summed E-state index contributed by atoms with van der Waals surface area (Å²) >= 11 is 0. The molecule has 0 saturated heterocycles. The zero-order valence-corrected chi connectivity index (χ0v) is 15.5. The predicted octanol–water partition coefficient (Wildman–Crippen LogP) is 4.45. The van der Waals surface area contributed by atoms with E-state index in [4.69, 9.17) is 14.2 Å². The topological polar surface area (TPSA) is 61.8 Å². The molecular weight excluding hydrogens is 356 g/mol. The lowest BCUT2D eigenvalue weighted by molar-refractivity contribution is 0.0450. The molecule has 0 aliphatic carbocycles. The number of esters is 2. The Morgan fingerprint density at radius 2 is 1.29 bits per heavy atom. The van der Waals surface area contributed by atoms with Crippen LogP contribution in [0.1, 0.15) is 26.3 Å². The van der Waals surface area contributed by atoms with Gasteiger partial charge in [-0.15, -0.1) is 0 Å². The fourth-order valence-corrected chi connectivity index (χ4v) is 2.41. The average molecular weight is 376 g/mol. The van der Waals surface area contributed by atoms with Crippen molar-refractivity contribution in [3.8, 4) is 11.5 Å². The Morgan fingerprint density at radius 1 is 0.679 bits per heavy atom. The Hall–Kier alpha value is -3.60.